The Hall–Kier alpha value is -6.76. The Morgan fingerprint density at radius 3 is 1.69 bits per heavy atom. The summed E-state index contributed by atoms with van der Waals surface area (Å²) in [6.07, 6.45) is 0. The fourth-order valence-electron chi connectivity index (χ4n) is 8.23. The van der Waals surface area contributed by atoms with Crippen molar-refractivity contribution in [3.05, 3.63) is 169 Å². The Morgan fingerprint density at radius 1 is 0.455 bits per heavy atom. The Kier molecular flexibility index (Phi) is 7.00. The minimum Gasteiger partial charge on any atom is -0.455 e. The molecule has 0 fully saturated rings. The molecule has 0 bridgehead atoms. The highest BCUT2D eigenvalue weighted by Crippen LogP contribution is 2.54. The van der Waals surface area contributed by atoms with Gasteiger partial charge in [-0.05, 0) is 40.5 Å². The molecule has 0 amide bonds. The van der Waals surface area contributed by atoms with E-state index >= 15 is 0 Å². The van der Waals surface area contributed by atoms with Crippen LogP contribution in [0.3, 0.4) is 0 Å². The molecule has 10 aromatic rings. The van der Waals surface area contributed by atoms with Crippen LogP contribution in [0.4, 0.5) is 0 Å². The van der Waals surface area contributed by atoms with E-state index in [1.165, 1.54) is 27.0 Å². The molecule has 1 aliphatic rings. The van der Waals surface area contributed by atoms with Crippen LogP contribution in [0.2, 0.25) is 0 Å². The van der Waals surface area contributed by atoms with Crippen LogP contribution < -0.4 is 0 Å². The summed E-state index contributed by atoms with van der Waals surface area (Å²) in [6.45, 7) is 4.67. The van der Waals surface area contributed by atoms with Crippen LogP contribution in [0.1, 0.15) is 25.0 Å². The summed E-state index contributed by atoms with van der Waals surface area (Å²) in [5.41, 5.74) is 13.7. The predicted molar refractivity (Wildman–Crippen MR) is 225 cm³/mol. The van der Waals surface area contributed by atoms with Crippen molar-refractivity contribution in [1.82, 2.24) is 19.9 Å². The van der Waals surface area contributed by atoms with Gasteiger partial charge in [-0.3, -0.25) is 0 Å². The van der Waals surface area contributed by atoms with Crippen LogP contribution in [0, 0.1) is 0 Å². The van der Waals surface area contributed by atoms with Crippen LogP contribution in [0.5, 0.6) is 0 Å². The SMILES string of the molecule is CC1(C)c2cc(-c3cccc4c3oc3c(-c5nc(-c6ccccc6)nc(-c6ccccc6)n5)cccc34)ccc2-c2c1ccc1nc(-c3ccccc3)sc21. The van der Waals surface area contributed by atoms with Gasteiger partial charge in [-0.15, -0.1) is 11.3 Å². The number of nitrogens with zero attached hydrogens (tertiary/aromatic N) is 4. The van der Waals surface area contributed by atoms with Gasteiger partial charge in [0.05, 0.1) is 15.8 Å². The van der Waals surface area contributed by atoms with Crippen molar-refractivity contribution in [3.8, 4) is 67.0 Å². The maximum Gasteiger partial charge on any atom is 0.167 e. The van der Waals surface area contributed by atoms with E-state index in [-0.39, 0.29) is 5.41 Å². The van der Waals surface area contributed by atoms with Crippen LogP contribution >= 0.6 is 11.3 Å². The second-order valence-corrected chi connectivity index (χ2v) is 15.6. The lowest BCUT2D eigenvalue weighted by Gasteiger charge is -2.22. The van der Waals surface area contributed by atoms with Crippen LogP contribution in [0.25, 0.3) is 99.1 Å². The quantitative estimate of drug-likeness (QED) is 0.177. The van der Waals surface area contributed by atoms with Crippen molar-refractivity contribution in [1.29, 1.82) is 0 Å². The number of fused-ring (bicyclic) bond motifs is 8. The van der Waals surface area contributed by atoms with Crippen molar-refractivity contribution < 1.29 is 4.42 Å². The average molecular weight is 725 g/mol. The molecule has 260 valence electrons. The zero-order valence-electron chi connectivity index (χ0n) is 30.1. The molecule has 0 atom stereocenters. The van der Waals surface area contributed by atoms with Crippen molar-refractivity contribution >= 4 is 43.5 Å². The van der Waals surface area contributed by atoms with Crippen LogP contribution in [0.15, 0.2) is 162 Å². The first-order valence-corrected chi connectivity index (χ1v) is 19.3. The molecule has 0 N–H and O–H groups in total. The molecule has 0 spiro atoms. The molecule has 0 aliphatic heterocycles. The summed E-state index contributed by atoms with van der Waals surface area (Å²) in [6, 6.07) is 54.6. The molecule has 0 unspecified atom stereocenters. The van der Waals surface area contributed by atoms with Crippen molar-refractivity contribution in [2.45, 2.75) is 19.3 Å². The highest BCUT2D eigenvalue weighted by atomic mass is 32.1. The number of thiazole rings is 1. The third-order valence-electron chi connectivity index (χ3n) is 11.0. The van der Waals surface area contributed by atoms with E-state index in [9.17, 15) is 0 Å². The largest absolute Gasteiger partial charge is 0.455 e. The Bertz CT molecular complexity index is 3050. The zero-order valence-corrected chi connectivity index (χ0v) is 30.9. The third kappa shape index (κ3) is 4.99. The molecular weight excluding hydrogens is 693 g/mol. The lowest BCUT2D eigenvalue weighted by Crippen LogP contribution is -2.14. The zero-order chi connectivity index (χ0) is 36.7. The summed E-state index contributed by atoms with van der Waals surface area (Å²) >= 11 is 1.78. The second-order valence-electron chi connectivity index (χ2n) is 14.6. The number of aromatic nitrogens is 4. The summed E-state index contributed by atoms with van der Waals surface area (Å²) in [7, 11) is 0. The standard InChI is InChI=1S/C49H32N4OS/c1-49(2)38-26-27-40-44(55-48(50-40)31-18-10-5-11-19-31)41(38)36-25-24-32(28-39(36)49)33-20-12-21-34-35-22-13-23-37(43(35)54-42(33)34)47-52-45(29-14-6-3-7-15-29)51-46(53-47)30-16-8-4-9-17-30/h3-28H,1-2H3. The molecule has 7 aromatic carbocycles. The minimum absolute atomic E-state index is 0.188. The van der Waals surface area contributed by atoms with E-state index in [1.807, 2.05) is 72.8 Å². The molecule has 0 saturated heterocycles. The fraction of sp³-hybridized carbons (Fsp3) is 0.0612. The first kappa shape index (κ1) is 31.7. The van der Waals surface area contributed by atoms with Gasteiger partial charge in [0.2, 0.25) is 0 Å². The van der Waals surface area contributed by atoms with Crippen molar-refractivity contribution in [2.24, 2.45) is 0 Å². The molecule has 11 rings (SSSR count). The minimum atomic E-state index is -0.188. The summed E-state index contributed by atoms with van der Waals surface area (Å²) < 4.78 is 8.19. The van der Waals surface area contributed by atoms with Crippen molar-refractivity contribution in [2.75, 3.05) is 0 Å². The highest BCUT2D eigenvalue weighted by molar-refractivity contribution is 7.22. The van der Waals surface area contributed by atoms with E-state index in [4.69, 9.17) is 24.4 Å². The van der Waals surface area contributed by atoms with E-state index in [0.29, 0.717) is 17.5 Å². The summed E-state index contributed by atoms with van der Waals surface area (Å²) in [5, 5.41) is 3.12. The Morgan fingerprint density at radius 2 is 1.04 bits per heavy atom. The normalized spacial score (nSPS) is 13.1. The molecule has 5 nitrogen and oxygen atoms in total. The van der Waals surface area contributed by atoms with Gasteiger partial charge in [-0.1, -0.05) is 153 Å². The molecule has 0 radical (unpaired) electrons. The van der Waals surface area contributed by atoms with Gasteiger partial charge in [0, 0.05) is 44.0 Å². The van der Waals surface area contributed by atoms with Gasteiger partial charge < -0.3 is 4.42 Å². The maximum atomic E-state index is 6.94. The molecule has 3 aromatic heterocycles. The van der Waals surface area contributed by atoms with Crippen molar-refractivity contribution in [3.63, 3.8) is 0 Å². The van der Waals surface area contributed by atoms with Gasteiger partial charge in [0.15, 0.2) is 17.5 Å². The first-order valence-electron chi connectivity index (χ1n) is 18.5. The lowest BCUT2D eigenvalue weighted by molar-refractivity contribution is 0.660. The number of furan rings is 1. The Balaban J connectivity index is 1.06. The summed E-state index contributed by atoms with van der Waals surface area (Å²) in [4.78, 5) is 20.0. The topological polar surface area (TPSA) is 64.7 Å². The molecule has 3 heterocycles. The molecule has 6 heteroatoms. The molecule has 0 saturated carbocycles. The van der Waals surface area contributed by atoms with Gasteiger partial charge in [-0.25, -0.2) is 19.9 Å². The van der Waals surface area contributed by atoms with Crippen LogP contribution in [-0.4, -0.2) is 19.9 Å². The van der Waals surface area contributed by atoms with Gasteiger partial charge >= 0.3 is 0 Å². The lowest BCUT2D eigenvalue weighted by atomic mass is 9.81. The monoisotopic (exact) mass is 724 g/mol. The molecule has 1 aliphatic carbocycles. The number of para-hydroxylation sites is 2. The average Bonchev–Trinajstić information content (AvgIpc) is 3.92. The number of rotatable bonds is 5. The number of hydrogen-bond donors (Lipinski definition) is 0. The Labute approximate surface area is 321 Å². The highest BCUT2D eigenvalue weighted by Gasteiger charge is 2.37. The first-order chi connectivity index (χ1) is 27.0. The maximum absolute atomic E-state index is 6.94. The third-order valence-corrected chi connectivity index (χ3v) is 12.1. The molecule has 55 heavy (non-hydrogen) atoms. The van der Waals surface area contributed by atoms with Gasteiger partial charge in [-0.2, -0.15) is 0 Å². The number of benzene rings is 7. The smallest absolute Gasteiger partial charge is 0.167 e. The number of hydrogen-bond acceptors (Lipinski definition) is 6. The van der Waals surface area contributed by atoms with Crippen LogP contribution in [-0.2, 0) is 5.41 Å². The predicted octanol–water partition coefficient (Wildman–Crippen LogP) is 13.0. The molecular formula is C49H32N4OS. The second kappa shape index (κ2) is 12.1. The van der Waals surface area contributed by atoms with E-state index in [0.717, 1.165) is 65.8 Å². The van der Waals surface area contributed by atoms with E-state index in [2.05, 4.69) is 98.8 Å². The fourth-order valence-corrected chi connectivity index (χ4v) is 9.36. The summed E-state index contributed by atoms with van der Waals surface area (Å²) in [5.74, 6) is 1.81. The van der Waals surface area contributed by atoms with Gasteiger partial charge in [0.25, 0.3) is 0 Å². The van der Waals surface area contributed by atoms with Gasteiger partial charge in [0.1, 0.15) is 16.2 Å². The van der Waals surface area contributed by atoms with E-state index in [1.54, 1.807) is 11.3 Å². The van der Waals surface area contributed by atoms with E-state index < -0.39 is 0 Å².